The molecule has 0 bridgehead atoms. The van der Waals surface area contributed by atoms with E-state index in [-0.39, 0.29) is 157 Å². The van der Waals surface area contributed by atoms with Gasteiger partial charge < -0.3 is 157 Å². The number of quaternary nitrogens is 1. The molecule has 9 saturated heterocycles. The molecule has 28 N–H and O–H groups in total. The minimum atomic E-state index is -1.30. The number of benzene rings is 1. The SMILES string of the molecule is CC(C)(C)OC(=O)N1CCNC(C(=O)N[C@H]2CCCNC2=O)C1.COC(=O)[C@@H](N)CCCN.COc1ccc(C(=O)N2CCN(C(=O)OC(C)(C)C)CC2C(=O)N[C@H]2CCCNC2=O)cc1.Cl.Cl.NCCC[C@H](N)C(=O)O.N[C@H]1CCCNC1=O.O=C(N[C@H]1CCCNC1=O)C1CNCCN1.O=C(N[C@H]1CCCNC1=O)c1cnccn1.O=C(O)c1cnccn1.O=C([O-])c1cnccn1.[NH3+][C@H]1CCCNC1=O. The van der Waals surface area contributed by atoms with Crippen LogP contribution in [-0.4, -0.2) is 359 Å². The van der Waals surface area contributed by atoms with Crippen LogP contribution in [0.4, 0.5) is 9.59 Å². The van der Waals surface area contributed by atoms with E-state index in [0.717, 1.165) is 96.6 Å². The molecule has 1 aromatic carbocycles. The summed E-state index contributed by atoms with van der Waals surface area (Å²) in [6.45, 7) is 19.9. The molecule has 0 saturated carbocycles. The Hall–Kier alpha value is -12.9. The lowest BCUT2D eigenvalue weighted by Crippen LogP contribution is -2.69. The smallest absolute Gasteiger partial charge is 0.410 e. The quantitative estimate of drug-likeness (QED) is 0.0289. The van der Waals surface area contributed by atoms with Crippen LogP contribution in [-0.2, 0) is 67.0 Å². The maximum atomic E-state index is 13.3. The number of nitrogens with zero attached hydrogens (tertiary/aromatic N) is 9. The van der Waals surface area contributed by atoms with Crippen molar-refractivity contribution in [2.75, 3.05) is 125 Å². The molecule has 3 aromatic heterocycles. The van der Waals surface area contributed by atoms with Crippen molar-refractivity contribution in [2.45, 2.75) is 222 Å². The number of nitrogens with two attached hydrogens (primary N) is 5. The van der Waals surface area contributed by atoms with Crippen LogP contribution < -0.4 is 113 Å². The molecule has 52 nitrogen and oxygen atoms in total. The van der Waals surface area contributed by atoms with Crippen molar-refractivity contribution in [1.29, 1.82) is 0 Å². The summed E-state index contributed by atoms with van der Waals surface area (Å²) in [5.41, 5.74) is 29.1. The summed E-state index contributed by atoms with van der Waals surface area (Å²) in [5.74, 6) is -5.10. The first kappa shape index (κ1) is 126. The maximum absolute atomic E-state index is 13.3. The van der Waals surface area contributed by atoms with Gasteiger partial charge in [-0.05, 0) is 175 Å². The second-order valence-corrected chi connectivity index (χ2v) is 34.7. The molecule has 0 aliphatic carbocycles. The fraction of sp³-hybridized carbons (Fsp3) is 0.607. The van der Waals surface area contributed by atoms with Crippen LogP contribution in [0.15, 0.2) is 80.0 Å². The van der Waals surface area contributed by atoms with Crippen molar-refractivity contribution in [3.05, 3.63) is 103 Å². The molecular formula is C89H144Cl2N28O24. The Kier molecular flexibility index (Phi) is 60.2. The van der Waals surface area contributed by atoms with Gasteiger partial charge in [0.05, 0.1) is 57.4 Å². The molecule has 0 spiro atoms. The lowest BCUT2D eigenvalue weighted by atomic mass is 10.0. The number of carbonyl (C=O) groups is 17. The lowest BCUT2D eigenvalue weighted by Gasteiger charge is -2.41. The number of piperidine rings is 6. The number of aliphatic carboxylic acids is 1. The number of carboxylic acid groups (broad SMARTS) is 3. The van der Waals surface area contributed by atoms with Gasteiger partial charge in [0, 0.05) is 141 Å². The molecule has 54 heteroatoms. The summed E-state index contributed by atoms with van der Waals surface area (Å²) >= 11 is 0. The summed E-state index contributed by atoms with van der Waals surface area (Å²) in [6.07, 6.45) is 23.5. The highest BCUT2D eigenvalue weighted by atomic mass is 35.5. The third-order valence-corrected chi connectivity index (χ3v) is 21.2. The lowest BCUT2D eigenvalue weighted by molar-refractivity contribution is -0.406. The Morgan fingerprint density at radius 1 is 0.503 bits per heavy atom. The third-order valence-electron chi connectivity index (χ3n) is 21.2. The molecule has 143 heavy (non-hydrogen) atoms. The number of carboxylic acids is 3. The number of hydrogen-bond donors (Lipinski definition) is 21. The van der Waals surface area contributed by atoms with Crippen molar-refractivity contribution in [3.8, 4) is 5.75 Å². The highest BCUT2D eigenvalue weighted by molar-refractivity contribution is 6.00. The van der Waals surface area contributed by atoms with Crippen molar-refractivity contribution in [1.82, 2.24) is 114 Å². The van der Waals surface area contributed by atoms with Gasteiger partial charge in [-0.2, -0.15) is 0 Å². The first-order valence-corrected chi connectivity index (χ1v) is 46.5. The molecule has 9 fully saturated rings. The van der Waals surface area contributed by atoms with Crippen LogP contribution in [0.3, 0.4) is 0 Å². The highest BCUT2D eigenvalue weighted by Crippen LogP contribution is 2.22. The Balaban J connectivity index is 0.000000560. The summed E-state index contributed by atoms with van der Waals surface area (Å²) < 4.78 is 20.3. The average molecular weight is 2060 g/mol. The molecule has 12 heterocycles. The minimum Gasteiger partial charge on any atom is -0.543 e. The van der Waals surface area contributed by atoms with Gasteiger partial charge in [0.1, 0.15) is 76.7 Å². The van der Waals surface area contributed by atoms with Gasteiger partial charge in [0.2, 0.25) is 47.3 Å². The van der Waals surface area contributed by atoms with Crippen molar-refractivity contribution < 1.29 is 122 Å². The highest BCUT2D eigenvalue weighted by Gasteiger charge is 2.41. The van der Waals surface area contributed by atoms with Gasteiger partial charge >= 0.3 is 30.1 Å². The molecule has 3 unspecified atom stereocenters. The van der Waals surface area contributed by atoms with Gasteiger partial charge in [-0.25, -0.2) is 24.4 Å². The van der Waals surface area contributed by atoms with Gasteiger partial charge in [-0.3, -0.25) is 82.3 Å². The van der Waals surface area contributed by atoms with E-state index in [1.54, 1.807) is 65.8 Å². The largest absolute Gasteiger partial charge is 0.543 e. The Bertz CT molecular complexity index is 4540. The number of carbonyl (C=O) groups excluding carboxylic acids is 15. The molecule has 4 aromatic rings. The zero-order valence-corrected chi connectivity index (χ0v) is 83.6. The third kappa shape index (κ3) is 50.0. The number of rotatable bonds is 20. The van der Waals surface area contributed by atoms with Gasteiger partial charge in [-0.15, -0.1) is 24.8 Å². The molecule has 0 radical (unpaired) electrons. The zero-order chi connectivity index (χ0) is 105. The molecule has 798 valence electrons. The van der Waals surface area contributed by atoms with E-state index >= 15 is 0 Å². The second-order valence-electron chi connectivity index (χ2n) is 34.7. The summed E-state index contributed by atoms with van der Waals surface area (Å²) in [5, 5.41) is 63.1. The maximum Gasteiger partial charge on any atom is 0.410 e. The van der Waals surface area contributed by atoms with E-state index in [1.165, 1.54) is 78.5 Å². The summed E-state index contributed by atoms with van der Waals surface area (Å²) in [7, 11) is 2.86. The predicted octanol–water partition coefficient (Wildman–Crippen LogP) is -5.88. The van der Waals surface area contributed by atoms with Crippen molar-refractivity contribution in [3.63, 3.8) is 0 Å². The first-order chi connectivity index (χ1) is 67.0. The van der Waals surface area contributed by atoms with Crippen LogP contribution in [0.1, 0.15) is 186 Å². The number of halogens is 2. The second kappa shape index (κ2) is 68.3. The van der Waals surface area contributed by atoms with E-state index in [2.05, 4.69) is 109 Å². The van der Waals surface area contributed by atoms with Crippen LogP contribution >= 0.6 is 24.8 Å². The summed E-state index contributed by atoms with van der Waals surface area (Å²) in [6, 6.07) is 1.43. The zero-order valence-electron chi connectivity index (χ0n) is 82.0. The number of ether oxygens (including phenoxy) is 4. The van der Waals surface area contributed by atoms with Crippen LogP contribution in [0.25, 0.3) is 0 Å². The number of esters is 1. The number of hydrogen-bond acceptors (Lipinski definition) is 36. The topological polar surface area (TPSA) is 792 Å². The predicted molar refractivity (Wildman–Crippen MR) is 519 cm³/mol. The van der Waals surface area contributed by atoms with Crippen LogP contribution in [0.2, 0.25) is 0 Å². The minimum absolute atomic E-state index is 0. The van der Waals surface area contributed by atoms with E-state index in [4.69, 9.17) is 53.1 Å². The Morgan fingerprint density at radius 2 is 0.923 bits per heavy atom. The molecule has 9 aliphatic rings. The molecule has 13 rings (SSSR count). The van der Waals surface area contributed by atoms with Gasteiger partial charge in [-0.1, -0.05) is 0 Å². The summed E-state index contributed by atoms with van der Waals surface area (Å²) in [4.78, 5) is 222. The first-order valence-electron chi connectivity index (χ1n) is 46.5. The van der Waals surface area contributed by atoms with Crippen LogP contribution in [0, 0.1) is 0 Å². The number of piperazine rings is 3. The number of amides is 13. The Morgan fingerprint density at radius 3 is 1.29 bits per heavy atom. The number of nitrogens with one attached hydrogen (secondary N) is 13. The Labute approximate surface area is 841 Å². The van der Waals surface area contributed by atoms with E-state index in [9.17, 15) is 86.6 Å². The fourth-order valence-electron chi connectivity index (χ4n) is 13.5. The monoisotopic (exact) mass is 2060 g/mol. The average Bonchev–Trinajstić information content (AvgIpc) is 0.794. The normalized spacial score (nSPS) is 20.8. The molecular weight excluding hydrogens is 1920 g/mol. The van der Waals surface area contributed by atoms with Gasteiger partial charge in [0.25, 0.3) is 17.7 Å². The van der Waals surface area contributed by atoms with E-state index in [0.29, 0.717) is 109 Å². The van der Waals surface area contributed by atoms with E-state index < -0.39 is 89.5 Å². The van der Waals surface area contributed by atoms with E-state index in [1.807, 2.05) is 0 Å². The van der Waals surface area contributed by atoms with Crippen molar-refractivity contribution in [2.24, 2.45) is 28.7 Å². The molecule has 9 aliphatic heterocycles. The standard InChI is InChI=1S/C23H32N4O6.C15H26N4O4.C10H18N4O2.C10H12N4O2.C6H14N2O2.2C5H4N2O2.C5H12N2O2.2C5H10N2O.2ClH/c1-23(2,3)33-22(31)26-12-13-27(21(30)15-7-9-16(32-4)10-8-15)18(14-26)20(29)25-17-6-5-11-24-19(17)28;1-15(2,3)23-14(22)19-8-7-16-11(9-19)13(21)18-10-5-4-6-17-12(10)20;2*15-9-7(2-1-3-13-9)14-10(16)8-6-11-4-5-12-8;1-10-6(9)5(8)3-2-4-7;2*8-5(9)4-3-6-1-2-7-4;6-3-1-2-4(7)5(8)9;2*6-4-2-1-3-7-5(4)8;;/h7-10,17-18H,5-6,11-14H2,1-4H3,(H,24,28)(H,25,29);10-11,16H,4-9H2,1-3H3,(H,17,20)(H,18,21);7-8,11-12H,1-6H2,(H,13,15)(H,14,16);4-7H,1-3H2,(H,13,15)(H,14,16);5H,2-4,7-8H2,1H3;2*1-3H,(H,8,9);4H,1-3,6-7H2,(H,8,9);2*4H,1-3,6H2,(H,7,8);2*1H/t17-,18?;10-,11?;7-,8?;7-;5-;;;3*4-;;/m00000..000../s1. The molecule has 11 atom stereocenters. The number of aromatic nitrogens is 6. The van der Waals surface area contributed by atoms with Gasteiger partial charge in [0.15, 0.2) is 11.7 Å². The van der Waals surface area contributed by atoms with Crippen molar-refractivity contribution >= 4 is 126 Å². The number of methoxy groups -OCH3 is 2. The van der Waals surface area contributed by atoms with Crippen LogP contribution in [0.5, 0.6) is 5.75 Å². The number of aromatic carboxylic acids is 2. The molecule has 13 amide bonds. The fourth-order valence-corrected chi connectivity index (χ4v) is 13.5.